The Hall–Kier alpha value is -2.11. The third kappa shape index (κ3) is 4.11. The summed E-state index contributed by atoms with van der Waals surface area (Å²) in [7, 11) is 0. The van der Waals surface area contributed by atoms with E-state index in [2.05, 4.69) is 29.4 Å². The molecule has 0 bridgehead atoms. The van der Waals surface area contributed by atoms with Crippen LogP contribution in [0.2, 0.25) is 5.02 Å². The zero-order valence-corrected chi connectivity index (χ0v) is 15.7. The van der Waals surface area contributed by atoms with Crippen LogP contribution in [0.25, 0.3) is 0 Å². The summed E-state index contributed by atoms with van der Waals surface area (Å²) >= 11 is 6.20. The molecular formula is C18H21Cl2N5. The van der Waals surface area contributed by atoms with E-state index in [0.29, 0.717) is 0 Å². The SMILES string of the molecule is Cc1ccc(Cl)cc1C1C/C(=N/NC(=N)N)c2c(C)ccnc2C1.Cl. The number of hydrogen-bond acceptors (Lipinski definition) is 3. The number of fused-ring (bicyclic) bond motifs is 1. The molecule has 0 saturated heterocycles. The van der Waals surface area contributed by atoms with Crippen molar-refractivity contribution < 1.29 is 0 Å². The molecule has 1 aliphatic carbocycles. The number of pyridine rings is 1. The van der Waals surface area contributed by atoms with Crippen LogP contribution < -0.4 is 11.2 Å². The lowest BCUT2D eigenvalue weighted by atomic mass is 9.79. The lowest BCUT2D eigenvalue weighted by Crippen LogP contribution is -2.29. The highest BCUT2D eigenvalue weighted by molar-refractivity contribution is 6.30. The number of aryl methyl sites for hydroxylation is 2. The van der Waals surface area contributed by atoms with E-state index in [1.54, 1.807) is 0 Å². The van der Waals surface area contributed by atoms with E-state index in [0.717, 1.165) is 40.4 Å². The van der Waals surface area contributed by atoms with E-state index in [4.69, 9.17) is 22.7 Å². The zero-order valence-electron chi connectivity index (χ0n) is 14.1. The van der Waals surface area contributed by atoms with Crippen LogP contribution in [0, 0.1) is 19.3 Å². The van der Waals surface area contributed by atoms with E-state index in [1.807, 2.05) is 30.5 Å². The lowest BCUT2D eigenvalue weighted by Gasteiger charge is -2.28. The summed E-state index contributed by atoms with van der Waals surface area (Å²) in [4.78, 5) is 4.56. The predicted octanol–water partition coefficient (Wildman–Crippen LogP) is 3.69. The van der Waals surface area contributed by atoms with Crippen molar-refractivity contribution in [3.05, 3.63) is 63.4 Å². The van der Waals surface area contributed by atoms with Gasteiger partial charge in [0.15, 0.2) is 0 Å². The molecule has 0 aliphatic heterocycles. The Morgan fingerprint density at radius 1 is 1.28 bits per heavy atom. The number of rotatable bonds is 2. The van der Waals surface area contributed by atoms with Gasteiger partial charge >= 0.3 is 0 Å². The maximum atomic E-state index is 7.35. The number of hydrogen-bond donors (Lipinski definition) is 3. The average Bonchev–Trinajstić information content (AvgIpc) is 2.54. The Balaban J connectivity index is 0.00000225. The van der Waals surface area contributed by atoms with E-state index in [9.17, 15) is 0 Å². The number of hydrazone groups is 1. The fourth-order valence-corrected chi connectivity index (χ4v) is 3.49. The normalized spacial score (nSPS) is 17.6. The monoisotopic (exact) mass is 377 g/mol. The predicted molar refractivity (Wildman–Crippen MR) is 105 cm³/mol. The number of nitrogens with zero attached hydrogens (tertiary/aromatic N) is 2. The Morgan fingerprint density at radius 3 is 2.76 bits per heavy atom. The second-order valence-electron chi connectivity index (χ2n) is 6.14. The number of benzene rings is 1. The highest BCUT2D eigenvalue weighted by Crippen LogP contribution is 2.35. The first-order chi connectivity index (χ1) is 11.5. The van der Waals surface area contributed by atoms with Gasteiger partial charge in [0, 0.05) is 16.8 Å². The lowest BCUT2D eigenvalue weighted by molar-refractivity contribution is 0.671. The zero-order chi connectivity index (χ0) is 17.3. The summed E-state index contributed by atoms with van der Waals surface area (Å²) in [6.07, 6.45) is 3.43. The summed E-state index contributed by atoms with van der Waals surface area (Å²) in [6.45, 7) is 4.14. The molecule has 1 aliphatic rings. The summed E-state index contributed by atoms with van der Waals surface area (Å²) in [6, 6.07) is 7.96. The van der Waals surface area contributed by atoms with Crippen molar-refractivity contribution in [2.45, 2.75) is 32.6 Å². The molecule has 1 atom stereocenters. The number of aromatic nitrogens is 1. The number of nitrogens with two attached hydrogens (primary N) is 1. The minimum atomic E-state index is -0.174. The topological polar surface area (TPSA) is 87.2 Å². The second kappa shape index (κ2) is 7.85. The van der Waals surface area contributed by atoms with E-state index in [-0.39, 0.29) is 24.3 Å². The molecule has 3 rings (SSSR count). The van der Waals surface area contributed by atoms with Gasteiger partial charge in [-0.25, -0.2) is 5.43 Å². The van der Waals surface area contributed by atoms with Gasteiger partial charge in [0.1, 0.15) is 0 Å². The molecule has 0 radical (unpaired) electrons. The standard InChI is InChI=1S/C18H20ClN5.ClH/c1-10-3-4-13(19)9-14(10)12-7-15-17(11(2)5-6-22-15)16(8-12)23-24-18(20)21;/h3-6,9,12H,7-8H2,1-2H3,(H4,20,21,24);1H/b23-16-;. The minimum Gasteiger partial charge on any atom is -0.369 e. The van der Waals surface area contributed by atoms with Gasteiger partial charge in [0.25, 0.3) is 0 Å². The molecule has 0 spiro atoms. The van der Waals surface area contributed by atoms with Gasteiger partial charge in [-0.2, -0.15) is 5.10 Å². The third-order valence-electron chi connectivity index (χ3n) is 4.40. The van der Waals surface area contributed by atoms with Crippen LogP contribution in [0.5, 0.6) is 0 Å². The fraction of sp³-hybridized carbons (Fsp3) is 0.278. The van der Waals surface area contributed by atoms with E-state index < -0.39 is 0 Å². The third-order valence-corrected chi connectivity index (χ3v) is 4.63. The maximum absolute atomic E-state index is 7.35. The Bertz CT molecular complexity index is 832. The first-order valence-corrected chi connectivity index (χ1v) is 8.21. The highest BCUT2D eigenvalue weighted by Gasteiger charge is 2.28. The molecule has 2 aromatic rings. The van der Waals surface area contributed by atoms with Crippen LogP contribution in [0.4, 0.5) is 0 Å². The van der Waals surface area contributed by atoms with Gasteiger partial charge in [-0.1, -0.05) is 17.7 Å². The quantitative estimate of drug-likeness (QED) is 0.423. The van der Waals surface area contributed by atoms with Crippen LogP contribution >= 0.6 is 24.0 Å². The van der Waals surface area contributed by atoms with Crippen molar-refractivity contribution in [3.8, 4) is 0 Å². The van der Waals surface area contributed by atoms with Crippen molar-refractivity contribution in [1.29, 1.82) is 5.41 Å². The smallest absolute Gasteiger partial charge is 0.206 e. The van der Waals surface area contributed by atoms with Crippen LogP contribution in [-0.2, 0) is 6.42 Å². The van der Waals surface area contributed by atoms with Crippen molar-refractivity contribution >= 4 is 35.7 Å². The first-order valence-electron chi connectivity index (χ1n) is 7.83. The largest absolute Gasteiger partial charge is 0.369 e. The van der Waals surface area contributed by atoms with Crippen LogP contribution in [0.15, 0.2) is 35.6 Å². The molecule has 1 heterocycles. The molecule has 1 aromatic heterocycles. The maximum Gasteiger partial charge on any atom is 0.206 e. The van der Waals surface area contributed by atoms with Crippen LogP contribution in [0.3, 0.4) is 0 Å². The van der Waals surface area contributed by atoms with Crippen molar-refractivity contribution in [2.75, 3.05) is 0 Å². The molecule has 0 fully saturated rings. The molecule has 1 unspecified atom stereocenters. The molecule has 132 valence electrons. The average molecular weight is 378 g/mol. The van der Waals surface area contributed by atoms with Gasteiger partial charge in [0.2, 0.25) is 5.96 Å². The summed E-state index contributed by atoms with van der Waals surface area (Å²) in [5.74, 6) is 0.0738. The van der Waals surface area contributed by atoms with Crippen LogP contribution in [-0.4, -0.2) is 16.7 Å². The summed E-state index contributed by atoms with van der Waals surface area (Å²) in [5.41, 5.74) is 14.5. The van der Waals surface area contributed by atoms with Crippen molar-refractivity contribution in [3.63, 3.8) is 0 Å². The molecule has 1 aromatic carbocycles. The van der Waals surface area contributed by atoms with E-state index >= 15 is 0 Å². The van der Waals surface area contributed by atoms with Gasteiger partial charge < -0.3 is 5.73 Å². The number of guanidine groups is 1. The number of halogens is 2. The molecule has 25 heavy (non-hydrogen) atoms. The fourth-order valence-electron chi connectivity index (χ4n) is 3.30. The molecular weight excluding hydrogens is 357 g/mol. The molecule has 5 nitrogen and oxygen atoms in total. The summed E-state index contributed by atoms with van der Waals surface area (Å²) < 4.78 is 0. The van der Waals surface area contributed by atoms with E-state index in [1.165, 1.54) is 11.1 Å². The van der Waals surface area contributed by atoms with Crippen LogP contribution in [0.1, 0.15) is 40.3 Å². The summed E-state index contributed by atoms with van der Waals surface area (Å²) in [5, 5.41) is 12.4. The van der Waals surface area contributed by atoms with Crippen molar-refractivity contribution in [1.82, 2.24) is 10.4 Å². The van der Waals surface area contributed by atoms with Gasteiger partial charge in [-0.15, -0.1) is 12.4 Å². The molecule has 0 amide bonds. The van der Waals surface area contributed by atoms with Crippen molar-refractivity contribution in [2.24, 2.45) is 10.8 Å². The Kier molecular flexibility index (Phi) is 6.03. The molecule has 0 saturated carbocycles. The molecule has 7 heteroatoms. The molecule has 4 N–H and O–H groups in total. The first kappa shape index (κ1) is 19.2. The van der Waals surface area contributed by atoms with Gasteiger partial charge in [-0.3, -0.25) is 10.4 Å². The minimum absolute atomic E-state index is 0. The van der Waals surface area contributed by atoms with Gasteiger partial charge in [0.05, 0.1) is 11.4 Å². The highest BCUT2D eigenvalue weighted by atomic mass is 35.5. The second-order valence-corrected chi connectivity index (χ2v) is 6.58. The Morgan fingerprint density at radius 2 is 2.04 bits per heavy atom. The van der Waals surface area contributed by atoms with Gasteiger partial charge in [-0.05, 0) is 67.5 Å². The Labute approximate surface area is 158 Å². The number of nitrogens with one attached hydrogen (secondary N) is 2.